The van der Waals surface area contributed by atoms with Gasteiger partial charge >= 0.3 is 0 Å². The van der Waals surface area contributed by atoms with Crippen molar-refractivity contribution in [2.24, 2.45) is 0 Å². The third-order valence-electron chi connectivity index (χ3n) is 5.09. The van der Waals surface area contributed by atoms with Crippen LogP contribution in [0.25, 0.3) is 10.2 Å². The molecule has 4 rings (SSSR count). The van der Waals surface area contributed by atoms with Gasteiger partial charge in [-0.05, 0) is 24.3 Å². The molecule has 7 heteroatoms. The largest absolute Gasteiger partial charge is 0.506 e. The molecule has 146 valence electrons. The number of aromatic hydroxyl groups is 1. The van der Waals surface area contributed by atoms with E-state index in [0.717, 1.165) is 47.1 Å². The van der Waals surface area contributed by atoms with Gasteiger partial charge in [0.15, 0.2) is 0 Å². The van der Waals surface area contributed by atoms with Gasteiger partial charge < -0.3 is 14.9 Å². The fourth-order valence-electron chi connectivity index (χ4n) is 3.47. The van der Waals surface area contributed by atoms with Crippen LogP contribution in [-0.4, -0.2) is 65.6 Å². The van der Waals surface area contributed by atoms with Gasteiger partial charge in [-0.15, -0.1) is 11.3 Å². The number of likely N-dealkylation sites (N-methyl/N-ethyl adjacent to an activating group) is 1. The van der Waals surface area contributed by atoms with Crippen molar-refractivity contribution in [1.82, 2.24) is 14.8 Å². The molecular weight excluding hydrogens is 372 g/mol. The minimum Gasteiger partial charge on any atom is -0.506 e. The average molecular weight is 397 g/mol. The van der Waals surface area contributed by atoms with Crippen molar-refractivity contribution in [1.29, 1.82) is 0 Å². The summed E-state index contributed by atoms with van der Waals surface area (Å²) in [4.78, 5) is 23.4. The zero-order valence-electron chi connectivity index (χ0n) is 15.9. The van der Waals surface area contributed by atoms with Crippen molar-refractivity contribution in [2.45, 2.75) is 6.54 Å². The van der Waals surface area contributed by atoms with E-state index in [2.05, 4.69) is 20.9 Å². The van der Waals surface area contributed by atoms with Crippen LogP contribution in [0.1, 0.15) is 5.01 Å². The number of carbonyl (C=O) groups is 1. The lowest BCUT2D eigenvalue weighted by atomic mass is 10.2. The number of hydrogen-bond acceptors (Lipinski definition) is 6. The highest BCUT2D eigenvalue weighted by atomic mass is 32.1. The first kappa shape index (κ1) is 18.7. The predicted molar refractivity (Wildman–Crippen MR) is 113 cm³/mol. The van der Waals surface area contributed by atoms with E-state index in [0.29, 0.717) is 18.8 Å². The minimum atomic E-state index is 0.107. The molecule has 1 N–H and O–H groups in total. The lowest BCUT2D eigenvalue weighted by Crippen LogP contribution is -2.49. The number of piperazine rings is 1. The van der Waals surface area contributed by atoms with Crippen LogP contribution in [0.4, 0.5) is 5.69 Å². The number of benzene rings is 2. The Labute approximate surface area is 168 Å². The Balaban J connectivity index is 1.29. The number of para-hydroxylation sites is 3. The highest BCUT2D eigenvalue weighted by Crippen LogP contribution is 2.27. The summed E-state index contributed by atoms with van der Waals surface area (Å²) in [5, 5.41) is 11.0. The second-order valence-electron chi connectivity index (χ2n) is 7.08. The Kier molecular flexibility index (Phi) is 5.45. The summed E-state index contributed by atoms with van der Waals surface area (Å²) in [6.45, 7) is 4.15. The number of hydrogen-bond donors (Lipinski definition) is 1. The lowest BCUT2D eigenvalue weighted by molar-refractivity contribution is -0.131. The third-order valence-corrected chi connectivity index (χ3v) is 6.11. The fourth-order valence-corrected chi connectivity index (χ4v) is 4.49. The summed E-state index contributed by atoms with van der Waals surface area (Å²) >= 11 is 1.64. The molecular formula is C21H24N4O2S. The van der Waals surface area contributed by atoms with E-state index in [1.54, 1.807) is 22.3 Å². The number of aromatic nitrogens is 1. The second kappa shape index (κ2) is 8.16. The highest BCUT2D eigenvalue weighted by molar-refractivity contribution is 7.18. The van der Waals surface area contributed by atoms with Crippen molar-refractivity contribution in [3.05, 3.63) is 53.5 Å². The summed E-state index contributed by atoms with van der Waals surface area (Å²) in [6, 6.07) is 15.5. The first-order valence-electron chi connectivity index (χ1n) is 9.44. The molecule has 0 saturated carbocycles. The maximum Gasteiger partial charge on any atom is 0.236 e. The van der Waals surface area contributed by atoms with Gasteiger partial charge in [-0.1, -0.05) is 24.3 Å². The molecule has 0 aliphatic carbocycles. The van der Waals surface area contributed by atoms with E-state index < -0.39 is 0 Å². The molecule has 1 aliphatic rings. The van der Waals surface area contributed by atoms with Crippen LogP contribution in [0.2, 0.25) is 0 Å². The summed E-state index contributed by atoms with van der Waals surface area (Å²) in [7, 11) is 1.84. The highest BCUT2D eigenvalue weighted by Gasteiger charge is 2.22. The maximum atomic E-state index is 12.6. The number of amides is 1. The maximum absolute atomic E-state index is 12.6. The van der Waals surface area contributed by atoms with Crippen molar-refractivity contribution < 1.29 is 9.90 Å². The molecule has 28 heavy (non-hydrogen) atoms. The molecule has 1 fully saturated rings. The van der Waals surface area contributed by atoms with Crippen LogP contribution in [0.5, 0.6) is 5.75 Å². The number of phenols is 1. The second-order valence-corrected chi connectivity index (χ2v) is 8.19. The minimum absolute atomic E-state index is 0.107. The smallest absolute Gasteiger partial charge is 0.236 e. The van der Waals surface area contributed by atoms with Gasteiger partial charge in [0.2, 0.25) is 5.91 Å². The normalized spacial score (nSPS) is 15.1. The molecule has 0 bridgehead atoms. The van der Waals surface area contributed by atoms with Gasteiger partial charge in [0.1, 0.15) is 10.8 Å². The van der Waals surface area contributed by atoms with Crippen molar-refractivity contribution in [3.63, 3.8) is 0 Å². The van der Waals surface area contributed by atoms with E-state index in [-0.39, 0.29) is 5.91 Å². The fraction of sp³-hybridized carbons (Fsp3) is 0.333. The molecule has 0 unspecified atom stereocenters. The zero-order chi connectivity index (χ0) is 19.5. The van der Waals surface area contributed by atoms with Crippen LogP contribution in [0.3, 0.4) is 0 Å². The topological polar surface area (TPSA) is 59.9 Å². The first-order chi connectivity index (χ1) is 13.6. The van der Waals surface area contributed by atoms with Gasteiger partial charge in [-0.2, -0.15) is 0 Å². The molecule has 1 aromatic heterocycles. The van der Waals surface area contributed by atoms with E-state index >= 15 is 0 Å². The molecule has 6 nitrogen and oxygen atoms in total. The molecule has 1 aliphatic heterocycles. The number of phenolic OH excluding ortho intramolecular Hbond substituents is 1. The lowest BCUT2D eigenvalue weighted by Gasteiger charge is -2.36. The molecule has 3 aromatic rings. The first-order valence-corrected chi connectivity index (χ1v) is 10.3. The molecule has 1 saturated heterocycles. The summed E-state index contributed by atoms with van der Waals surface area (Å²) < 4.78 is 1.15. The number of anilines is 1. The SMILES string of the molecule is CN(Cc1nc2ccccc2s1)C(=O)CN1CCN(c2ccccc2O)CC1. The Hall–Kier alpha value is -2.64. The van der Waals surface area contributed by atoms with Gasteiger partial charge in [0, 0.05) is 33.2 Å². The molecule has 1 amide bonds. The van der Waals surface area contributed by atoms with E-state index in [9.17, 15) is 9.90 Å². The van der Waals surface area contributed by atoms with Crippen LogP contribution in [0, 0.1) is 0 Å². The van der Waals surface area contributed by atoms with Crippen LogP contribution >= 0.6 is 11.3 Å². The van der Waals surface area contributed by atoms with Crippen molar-refractivity contribution >= 4 is 33.1 Å². The quantitative estimate of drug-likeness (QED) is 0.719. The molecule has 0 atom stereocenters. The van der Waals surface area contributed by atoms with Crippen LogP contribution in [-0.2, 0) is 11.3 Å². The van der Waals surface area contributed by atoms with Crippen LogP contribution in [0.15, 0.2) is 48.5 Å². The Morgan fingerprint density at radius 3 is 2.57 bits per heavy atom. The molecule has 2 heterocycles. The van der Waals surface area contributed by atoms with Gasteiger partial charge in [0.25, 0.3) is 0 Å². The molecule has 0 radical (unpaired) electrons. The third kappa shape index (κ3) is 4.10. The van der Waals surface area contributed by atoms with Gasteiger partial charge in [-0.25, -0.2) is 4.98 Å². The summed E-state index contributed by atoms with van der Waals surface area (Å²) in [5.41, 5.74) is 1.85. The Morgan fingerprint density at radius 2 is 1.82 bits per heavy atom. The van der Waals surface area contributed by atoms with Crippen molar-refractivity contribution in [2.75, 3.05) is 44.7 Å². The Morgan fingerprint density at radius 1 is 1.11 bits per heavy atom. The zero-order valence-corrected chi connectivity index (χ0v) is 16.7. The summed E-state index contributed by atoms with van der Waals surface area (Å²) in [6.07, 6.45) is 0. The monoisotopic (exact) mass is 396 g/mol. The number of carbonyl (C=O) groups excluding carboxylic acids is 1. The van der Waals surface area contributed by atoms with Crippen molar-refractivity contribution in [3.8, 4) is 5.75 Å². The van der Waals surface area contributed by atoms with Gasteiger partial charge in [0.05, 0.1) is 29.0 Å². The van der Waals surface area contributed by atoms with E-state index in [1.807, 2.05) is 43.4 Å². The van der Waals surface area contributed by atoms with E-state index in [4.69, 9.17) is 0 Å². The average Bonchev–Trinajstić information content (AvgIpc) is 3.11. The number of fused-ring (bicyclic) bond motifs is 1. The number of thiazole rings is 1. The predicted octanol–water partition coefficient (Wildman–Crippen LogP) is 2.78. The molecule has 2 aromatic carbocycles. The number of rotatable bonds is 5. The summed E-state index contributed by atoms with van der Waals surface area (Å²) in [5.74, 6) is 0.415. The Bertz CT molecular complexity index is 933. The standard InChI is InChI=1S/C21H24N4O2S/c1-23(14-20-22-16-6-2-5-9-19(16)28-20)21(27)15-24-10-12-25(13-11-24)17-7-3-4-8-18(17)26/h2-9,26H,10-15H2,1H3. The van der Waals surface area contributed by atoms with Crippen LogP contribution < -0.4 is 4.90 Å². The van der Waals surface area contributed by atoms with E-state index in [1.165, 1.54) is 0 Å². The molecule has 0 spiro atoms. The van der Waals surface area contributed by atoms with Gasteiger partial charge in [-0.3, -0.25) is 9.69 Å². The number of nitrogens with zero attached hydrogens (tertiary/aromatic N) is 4.